The maximum Gasteiger partial charge on any atom is 0.0485 e. The average molecular weight is 201 g/mol. The SMILES string of the molecule is Cc1cc(C)c2ccn(CC(C)C)c2c1. The number of hydrogen-bond acceptors (Lipinski definition) is 0. The van der Waals surface area contributed by atoms with Gasteiger partial charge < -0.3 is 4.57 Å². The van der Waals surface area contributed by atoms with Gasteiger partial charge in [-0.3, -0.25) is 0 Å². The molecule has 0 aliphatic rings. The Balaban J connectivity index is 2.58. The van der Waals surface area contributed by atoms with Gasteiger partial charge in [-0.15, -0.1) is 0 Å². The lowest BCUT2D eigenvalue weighted by molar-refractivity contribution is 0.535. The lowest BCUT2D eigenvalue weighted by Gasteiger charge is -2.09. The van der Waals surface area contributed by atoms with Crippen LogP contribution in [0.3, 0.4) is 0 Å². The van der Waals surface area contributed by atoms with Gasteiger partial charge in [0.2, 0.25) is 0 Å². The minimum absolute atomic E-state index is 0.696. The smallest absolute Gasteiger partial charge is 0.0485 e. The fourth-order valence-electron chi connectivity index (χ4n) is 2.21. The van der Waals surface area contributed by atoms with Crippen molar-refractivity contribution >= 4 is 10.9 Å². The molecule has 0 unspecified atom stereocenters. The summed E-state index contributed by atoms with van der Waals surface area (Å²) in [5.41, 5.74) is 4.11. The van der Waals surface area contributed by atoms with Crippen molar-refractivity contribution in [3.63, 3.8) is 0 Å². The summed E-state index contributed by atoms with van der Waals surface area (Å²) in [4.78, 5) is 0. The Kier molecular flexibility index (Phi) is 2.56. The molecule has 0 atom stereocenters. The van der Waals surface area contributed by atoms with Crippen LogP contribution in [-0.4, -0.2) is 4.57 Å². The van der Waals surface area contributed by atoms with E-state index in [4.69, 9.17) is 0 Å². The molecule has 0 amide bonds. The van der Waals surface area contributed by atoms with E-state index in [9.17, 15) is 0 Å². The molecule has 1 aromatic carbocycles. The first kappa shape index (κ1) is 10.3. The van der Waals surface area contributed by atoms with Gasteiger partial charge >= 0.3 is 0 Å². The predicted octanol–water partition coefficient (Wildman–Crippen LogP) is 3.91. The Morgan fingerprint density at radius 2 is 1.93 bits per heavy atom. The van der Waals surface area contributed by atoms with Crippen LogP contribution < -0.4 is 0 Å². The van der Waals surface area contributed by atoms with Crippen molar-refractivity contribution in [1.82, 2.24) is 4.57 Å². The van der Waals surface area contributed by atoms with E-state index >= 15 is 0 Å². The largest absolute Gasteiger partial charge is 0.347 e. The van der Waals surface area contributed by atoms with Gasteiger partial charge in [0.15, 0.2) is 0 Å². The molecule has 1 heterocycles. The van der Waals surface area contributed by atoms with Gasteiger partial charge in [0.05, 0.1) is 0 Å². The number of hydrogen-bond donors (Lipinski definition) is 0. The molecule has 80 valence electrons. The number of nitrogens with zero attached hydrogens (tertiary/aromatic N) is 1. The van der Waals surface area contributed by atoms with Gasteiger partial charge in [0, 0.05) is 23.6 Å². The van der Waals surface area contributed by atoms with Crippen molar-refractivity contribution < 1.29 is 0 Å². The fourth-order valence-corrected chi connectivity index (χ4v) is 2.21. The van der Waals surface area contributed by atoms with E-state index in [-0.39, 0.29) is 0 Å². The third kappa shape index (κ3) is 1.92. The van der Waals surface area contributed by atoms with E-state index in [1.807, 2.05) is 0 Å². The molecule has 0 N–H and O–H groups in total. The molecule has 1 heteroatoms. The Morgan fingerprint density at radius 1 is 1.20 bits per heavy atom. The van der Waals surface area contributed by atoms with Crippen LogP contribution in [0.4, 0.5) is 0 Å². The van der Waals surface area contributed by atoms with Crippen LogP contribution in [0.5, 0.6) is 0 Å². The summed E-state index contributed by atoms with van der Waals surface area (Å²) in [6.07, 6.45) is 2.21. The molecule has 2 aromatic rings. The second-order valence-electron chi connectivity index (χ2n) is 4.88. The van der Waals surface area contributed by atoms with Crippen LogP contribution in [0.15, 0.2) is 24.4 Å². The molecule has 0 aliphatic carbocycles. The molecule has 0 bridgehead atoms. The van der Waals surface area contributed by atoms with Gasteiger partial charge in [-0.1, -0.05) is 19.9 Å². The van der Waals surface area contributed by atoms with Gasteiger partial charge in [0.25, 0.3) is 0 Å². The standard InChI is InChI=1S/C14H19N/c1-10(2)9-15-6-5-13-12(4)7-11(3)8-14(13)15/h5-8,10H,9H2,1-4H3. The zero-order valence-corrected chi connectivity index (χ0v) is 10.0. The molecule has 0 spiro atoms. The monoisotopic (exact) mass is 201 g/mol. The van der Waals surface area contributed by atoms with E-state index in [1.165, 1.54) is 22.0 Å². The third-order valence-corrected chi connectivity index (χ3v) is 2.80. The lowest BCUT2D eigenvalue weighted by Crippen LogP contribution is -2.02. The van der Waals surface area contributed by atoms with E-state index in [2.05, 4.69) is 56.7 Å². The first-order valence-corrected chi connectivity index (χ1v) is 5.64. The molecule has 1 aromatic heterocycles. The Labute approximate surface area is 91.7 Å². The van der Waals surface area contributed by atoms with Crippen LogP contribution in [0.2, 0.25) is 0 Å². The van der Waals surface area contributed by atoms with Crippen LogP contribution in [0, 0.1) is 19.8 Å². The molecule has 0 saturated carbocycles. The summed E-state index contributed by atoms with van der Waals surface area (Å²) >= 11 is 0. The molecule has 0 fully saturated rings. The van der Waals surface area contributed by atoms with Crippen LogP contribution in [0.1, 0.15) is 25.0 Å². The van der Waals surface area contributed by atoms with Crippen molar-refractivity contribution in [3.05, 3.63) is 35.5 Å². The number of aryl methyl sites for hydroxylation is 2. The fraction of sp³-hybridized carbons (Fsp3) is 0.429. The Morgan fingerprint density at radius 3 is 2.60 bits per heavy atom. The molecule has 15 heavy (non-hydrogen) atoms. The molecule has 2 rings (SSSR count). The van der Waals surface area contributed by atoms with E-state index in [0.717, 1.165) is 6.54 Å². The van der Waals surface area contributed by atoms with Gasteiger partial charge in [-0.05, 0) is 43.0 Å². The van der Waals surface area contributed by atoms with Gasteiger partial charge in [0.1, 0.15) is 0 Å². The minimum atomic E-state index is 0.696. The Bertz CT molecular complexity index is 477. The van der Waals surface area contributed by atoms with E-state index < -0.39 is 0 Å². The Hall–Kier alpha value is -1.24. The predicted molar refractivity (Wildman–Crippen MR) is 66.3 cm³/mol. The van der Waals surface area contributed by atoms with Crippen LogP contribution >= 0.6 is 0 Å². The maximum absolute atomic E-state index is 2.36. The second kappa shape index (κ2) is 3.73. The number of rotatable bonds is 2. The normalized spacial score (nSPS) is 11.5. The van der Waals surface area contributed by atoms with Crippen molar-refractivity contribution in [3.8, 4) is 0 Å². The van der Waals surface area contributed by atoms with E-state index in [0.29, 0.717) is 5.92 Å². The molecule has 0 aliphatic heterocycles. The number of aromatic nitrogens is 1. The minimum Gasteiger partial charge on any atom is -0.347 e. The zero-order valence-electron chi connectivity index (χ0n) is 10.0. The summed E-state index contributed by atoms with van der Waals surface area (Å²) in [5.74, 6) is 0.696. The molecule has 1 nitrogen and oxygen atoms in total. The zero-order chi connectivity index (χ0) is 11.0. The highest BCUT2D eigenvalue weighted by Crippen LogP contribution is 2.22. The highest BCUT2D eigenvalue weighted by atomic mass is 15.0. The molecular formula is C14H19N. The highest BCUT2D eigenvalue weighted by Gasteiger charge is 2.05. The summed E-state index contributed by atoms with van der Waals surface area (Å²) in [6.45, 7) is 9.98. The number of benzene rings is 1. The van der Waals surface area contributed by atoms with Gasteiger partial charge in [-0.25, -0.2) is 0 Å². The topological polar surface area (TPSA) is 4.93 Å². The summed E-state index contributed by atoms with van der Waals surface area (Å²) in [6, 6.07) is 6.76. The quantitative estimate of drug-likeness (QED) is 0.694. The van der Waals surface area contributed by atoms with Crippen molar-refractivity contribution in [2.24, 2.45) is 5.92 Å². The average Bonchev–Trinajstić information content (AvgIpc) is 2.48. The van der Waals surface area contributed by atoms with Gasteiger partial charge in [-0.2, -0.15) is 0 Å². The highest BCUT2D eigenvalue weighted by molar-refractivity contribution is 5.84. The molecule has 0 radical (unpaired) electrons. The van der Waals surface area contributed by atoms with E-state index in [1.54, 1.807) is 0 Å². The summed E-state index contributed by atoms with van der Waals surface area (Å²) in [5, 5.41) is 1.39. The van der Waals surface area contributed by atoms with Crippen LogP contribution in [0.25, 0.3) is 10.9 Å². The molecule has 0 saturated heterocycles. The maximum atomic E-state index is 2.36. The first-order chi connectivity index (χ1) is 7.08. The first-order valence-electron chi connectivity index (χ1n) is 5.64. The van der Waals surface area contributed by atoms with Crippen molar-refractivity contribution in [2.45, 2.75) is 34.2 Å². The van der Waals surface area contributed by atoms with Crippen LogP contribution in [-0.2, 0) is 6.54 Å². The summed E-state index contributed by atoms with van der Waals surface area (Å²) < 4.78 is 2.36. The number of fused-ring (bicyclic) bond motifs is 1. The lowest BCUT2D eigenvalue weighted by atomic mass is 10.1. The molecular weight excluding hydrogens is 182 g/mol. The van der Waals surface area contributed by atoms with Crippen molar-refractivity contribution in [2.75, 3.05) is 0 Å². The van der Waals surface area contributed by atoms with Crippen molar-refractivity contribution in [1.29, 1.82) is 0 Å². The second-order valence-corrected chi connectivity index (χ2v) is 4.88. The third-order valence-electron chi connectivity index (χ3n) is 2.80. The summed E-state index contributed by atoms with van der Waals surface area (Å²) in [7, 11) is 0.